The van der Waals surface area contributed by atoms with Crippen LogP contribution in [-0.4, -0.2) is 6.09 Å². The summed E-state index contributed by atoms with van der Waals surface area (Å²) in [6.07, 6.45) is -0.422. The third-order valence-corrected chi connectivity index (χ3v) is 4.14. The summed E-state index contributed by atoms with van der Waals surface area (Å²) in [5.41, 5.74) is 0.975. The van der Waals surface area contributed by atoms with Crippen LogP contribution in [-0.2, 0) is 11.3 Å². The second-order valence-corrected chi connectivity index (χ2v) is 5.36. The molecule has 1 aromatic heterocycles. The van der Waals surface area contributed by atoms with E-state index in [4.69, 9.17) is 4.74 Å². The Morgan fingerprint density at radius 3 is 2.71 bits per heavy atom. The number of halogens is 1. The van der Waals surface area contributed by atoms with E-state index in [0.29, 0.717) is 0 Å². The van der Waals surface area contributed by atoms with Crippen molar-refractivity contribution in [2.24, 2.45) is 0 Å². The predicted molar refractivity (Wildman–Crippen MR) is 77.3 cm³/mol. The summed E-state index contributed by atoms with van der Waals surface area (Å²) in [5.74, 6) is 0. The molecule has 0 aliphatic heterocycles. The zero-order valence-corrected chi connectivity index (χ0v) is 11.8. The van der Waals surface area contributed by atoms with E-state index in [-0.39, 0.29) is 6.61 Å². The molecule has 1 heterocycles. The quantitative estimate of drug-likeness (QED) is 0.838. The van der Waals surface area contributed by atoms with Gasteiger partial charge in [-0.15, -0.1) is 11.3 Å². The largest absolute Gasteiger partial charge is 0.444 e. The summed E-state index contributed by atoms with van der Waals surface area (Å²) >= 11 is 3.65. The fraction of sp³-hybridized carbons (Fsp3) is 0.0833. The van der Waals surface area contributed by atoms with E-state index in [1.807, 2.05) is 41.8 Å². The van der Waals surface area contributed by atoms with Crippen LogP contribution in [0.2, 0.25) is 0 Å². The summed E-state index contributed by atoms with van der Waals surface area (Å²) in [6.45, 7) is 0.286. The van der Waals surface area contributed by atoms with Gasteiger partial charge in [-0.2, -0.15) is 0 Å². The molecule has 1 aromatic carbocycles. The number of hydrogen-bond acceptors (Lipinski definition) is 3. The van der Waals surface area contributed by atoms with Gasteiger partial charge in [0, 0.05) is 3.57 Å². The molecular weight excluding hydrogens is 349 g/mol. The number of carbonyl (C=O) groups is 1. The second-order valence-electron chi connectivity index (χ2n) is 3.28. The topological polar surface area (TPSA) is 38.3 Å². The fourth-order valence-electron chi connectivity index (χ4n) is 1.23. The summed E-state index contributed by atoms with van der Waals surface area (Å²) in [6, 6.07) is 11.5. The van der Waals surface area contributed by atoms with Gasteiger partial charge in [-0.3, -0.25) is 5.32 Å². The van der Waals surface area contributed by atoms with Crippen LogP contribution >= 0.6 is 33.9 Å². The molecule has 3 nitrogen and oxygen atoms in total. The SMILES string of the molecule is O=C(Nc1sccc1I)OCc1ccccc1. The molecule has 2 aromatic rings. The standard InChI is InChI=1S/C12H10INO2S/c13-10-6-7-17-11(10)14-12(15)16-8-9-4-2-1-3-5-9/h1-7H,8H2,(H,14,15). The van der Waals surface area contributed by atoms with Gasteiger partial charge in [0.2, 0.25) is 0 Å². The van der Waals surface area contributed by atoms with Crippen LogP contribution in [0.5, 0.6) is 0 Å². The minimum atomic E-state index is -0.422. The summed E-state index contributed by atoms with van der Waals surface area (Å²) in [4.78, 5) is 11.5. The maximum atomic E-state index is 11.5. The van der Waals surface area contributed by atoms with Gasteiger partial charge in [0.05, 0.1) is 0 Å². The van der Waals surface area contributed by atoms with Crippen molar-refractivity contribution in [1.29, 1.82) is 0 Å². The van der Waals surface area contributed by atoms with Gasteiger partial charge >= 0.3 is 6.09 Å². The number of carbonyl (C=O) groups excluding carboxylic acids is 1. The van der Waals surface area contributed by atoms with Gasteiger partial charge < -0.3 is 4.74 Å². The van der Waals surface area contributed by atoms with Crippen molar-refractivity contribution in [1.82, 2.24) is 0 Å². The molecule has 0 fully saturated rings. The first kappa shape index (κ1) is 12.4. The molecule has 0 aliphatic carbocycles. The van der Waals surface area contributed by atoms with E-state index in [0.717, 1.165) is 14.1 Å². The van der Waals surface area contributed by atoms with Crippen LogP contribution in [0.3, 0.4) is 0 Å². The highest BCUT2D eigenvalue weighted by atomic mass is 127. The van der Waals surface area contributed by atoms with E-state index in [1.165, 1.54) is 11.3 Å². The molecule has 88 valence electrons. The second kappa shape index (κ2) is 6.02. The molecule has 1 amide bonds. The molecule has 1 N–H and O–H groups in total. The summed E-state index contributed by atoms with van der Waals surface area (Å²) in [7, 11) is 0. The maximum Gasteiger partial charge on any atom is 0.412 e. The third kappa shape index (κ3) is 3.71. The Bertz CT molecular complexity index is 498. The summed E-state index contributed by atoms with van der Waals surface area (Å²) in [5, 5.41) is 5.46. The number of amides is 1. The molecular formula is C12H10INO2S. The van der Waals surface area contributed by atoms with E-state index >= 15 is 0 Å². The smallest absolute Gasteiger partial charge is 0.412 e. The molecule has 0 aliphatic rings. The number of anilines is 1. The van der Waals surface area contributed by atoms with Crippen molar-refractivity contribution < 1.29 is 9.53 Å². The first-order chi connectivity index (χ1) is 8.25. The number of thiophene rings is 1. The minimum Gasteiger partial charge on any atom is -0.444 e. The van der Waals surface area contributed by atoms with Gasteiger partial charge in [0.25, 0.3) is 0 Å². The maximum absolute atomic E-state index is 11.5. The van der Waals surface area contributed by atoms with E-state index in [2.05, 4.69) is 27.9 Å². The van der Waals surface area contributed by atoms with Crippen molar-refractivity contribution in [3.8, 4) is 0 Å². The molecule has 0 unspecified atom stereocenters. The lowest BCUT2D eigenvalue weighted by molar-refractivity contribution is 0.155. The zero-order chi connectivity index (χ0) is 12.1. The van der Waals surface area contributed by atoms with Crippen LogP contribution in [0.1, 0.15) is 5.56 Å². The number of ether oxygens (including phenoxy) is 1. The van der Waals surface area contributed by atoms with Crippen LogP contribution in [0.4, 0.5) is 9.80 Å². The van der Waals surface area contributed by atoms with E-state index in [1.54, 1.807) is 0 Å². The molecule has 0 spiro atoms. The van der Waals surface area contributed by atoms with E-state index < -0.39 is 6.09 Å². The van der Waals surface area contributed by atoms with Gasteiger partial charge in [-0.1, -0.05) is 30.3 Å². The highest BCUT2D eigenvalue weighted by Gasteiger charge is 2.07. The Kier molecular flexibility index (Phi) is 4.38. The van der Waals surface area contributed by atoms with Gasteiger partial charge in [-0.25, -0.2) is 4.79 Å². The van der Waals surface area contributed by atoms with Crippen LogP contribution in [0.25, 0.3) is 0 Å². The average Bonchev–Trinajstić information content (AvgIpc) is 2.74. The van der Waals surface area contributed by atoms with Gasteiger partial charge in [0.15, 0.2) is 0 Å². The average molecular weight is 359 g/mol. The minimum absolute atomic E-state index is 0.286. The third-order valence-electron chi connectivity index (χ3n) is 2.05. The van der Waals surface area contributed by atoms with Crippen molar-refractivity contribution in [2.75, 3.05) is 5.32 Å². The van der Waals surface area contributed by atoms with E-state index in [9.17, 15) is 4.79 Å². The number of benzene rings is 1. The molecule has 0 bridgehead atoms. The number of rotatable bonds is 3. The summed E-state index contributed by atoms with van der Waals surface area (Å²) < 4.78 is 6.13. The van der Waals surface area contributed by atoms with Crippen molar-refractivity contribution in [3.05, 3.63) is 50.9 Å². The van der Waals surface area contributed by atoms with Crippen molar-refractivity contribution in [2.45, 2.75) is 6.61 Å². The first-order valence-corrected chi connectivity index (χ1v) is 6.92. The van der Waals surface area contributed by atoms with Gasteiger partial charge in [-0.05, 0) is 39.6 Å². The predicted octanol–water partition coefficient (Wildman–Crippen LogP) is 4.10. The Hall–Kier alpha value is -1.08. The highest BCUT2D eigenvalue weighted by molar-refractivity contribution is 14.1. The number of nitrogens with one attached hydrogen (secondary N) is 1. The molecule has 0 radical (unpaired) electrons. The lowest BCUT2D eigenvalue weighted by atomic mass is 10.2. The number of hydrogen-bond donors (Lipinski definition) is 1. The van der Waals surface area contributed by atoms with Crippen LogP contribution in [0.15, 0.2) is 41.8 Å². The molecule has 0 saturated carbocycles. The first-order valence-electron chi connectivity index (χ1n) is 4.96. The van der Waals surface area contributed by atoms with Crippen molar-refractivity contribution in [3.63, 3.8) is 0 Å². The van der Waals surface area contributed by atoms with Crippen LogP contribution in [0, 0.1) is 3.57 Å². The lowest BCUT2D eigenvalue weighted by Gasteiger charge is -2.05. The van der Waals surface area contributed by atoms with Crippen molar-refractivity contribution >= 4 is 45.0 Å². The zero-order valence-electron chi connectivity index (χ0n) is 8.85. The molecule has 17 heavy (non-hydrogen) atoms. The molecule has 5 heteroatoms. The molecule has 0 saturated heterocycles. The molecule has 0 atom stereocenters. The van der Waals surface area contributed by atoms with Crippen LogP contribution < -0.4 is 5.32 Å². The molecule has 2 rings (SSSR count). The van der Waals surface area contributed by atoms with Gasteiger partial charge in [0.1, 0.15) is 11.6 Å². The lowest BCUT2D eigenvalue weighted by Crippen LogP contribution is -2.13. The Labute approximate surface area is 117 Å². The Morgan fingerprint density at radius 1 is 1.29 bits per heavy atom. The highest BCUT2D eigenvalue weighted by Crippen LogP contribution is 2.24. The monoisotopic (exact) mass is 359 g/mol. The normalized spacial score (nSPS) is 9.94. The Morgan fingerprint density at radius 2 is 2.06 bits per heavy atom. The fourth-order valence-corrected chi connectivity index (χ4v) is 2.84. The Balaban J connectivity index is 1.85.